The summed E-state index contributed by atoms with van der Waals surface area (Å²) in [6, 6.07) is 8.58. The van der Waals surface area contributed by atoms with Gasteiger partial charge in [0.05, 0.1) is 19.0 Å². The van der Waals surface area contributed by atoms with Crippen molar-refractivity contribution in [3.05, 3.63) is 42.2 Å². The molecule has 0 spiro atoms. The molecule has 0 fully saturated rings. The average molecular weight is 471 g/mol. The monoisotopic (exact) mass is 470 g/mol. The quantitative estimate of drug-likeness (QED) is 0.192. The second-order valence-electron chi connectivity index (χ2n) is 9.85. The summed E-state index contributed by atoms with van der Waals surface area (Å²) in [7, 11) is 0. The number of hydrogen-bond donors (Lipinski definition) is 0. The number of aromatic nitrogens is 2. The van der Waals surface area contributed by atoms with Gasteiger partial charge in [0.2, 0.25) is 0 Å². The molecule has 0 aliphatic carbocycles. The standard InChI is InChI=1S/C30H47FN2O/c1-4-6-7-8-9-10-11-12-13-14-15-26-16-18-27(19-17-26)30-32-23-29(24-33-30)34-21-20-28(31)22-25(3)5-2/h16-19,23-25,28H,4-15,20-22H2,1-3H3. The Morgan fingerprint density at radius 3 is 2.00 bits per heavy atom. The van der Waals surface area contributed by atoms with Gasteiger partial charge in [0.15, 0.2) is 11.6 Å². The molecule has 0 saturated heterocycles. The average Bonchev–Trinajstić information content (AvgIpc) is 2.86. The summed E-state index contributed by atoms with van der Waals surface area (Å²) in [5, 5.41) is 0. The highest BCUT2D eigenvalue weighted by molar-refractivity contribution is 5.55. The predicted molar refractivity (Wildman–Crippen MR) is 142 cm³/mol. The number of ether oxygens (including phenoxy) is 1. The SMILES string of the molecule is CCCCCCCCCCCCc1ccc(-c2ncc(OCCC(F)CC(C)CC)cn2)cc1. The zero-order valence-corrected chi connectivity index (χ0v) is 21.9. The molecule has 0 aliphatic rings. The lowest BCUT2D eigenvalue weighted by Crippen LogP contribution is -2.11. The van der Waals surface area contributed by atoms with Gasteiger partial charge in [0, 0.05) is 12.0 Å². The second-order valence-corrected chi connectivity index (χ2v) is 9.85. The molecule has 1 aromatic carbocycles. The Morgan fingerprint density at radius 1 is 0.824 bits per heavy atom. The molecule has 1 heterocycles. The number of aryl methyl sites for hydroxylation is 1. The van der Waals surface area contributed by atoms with Crippen LogP contribution in [-0.2, 0) is 6.42 Å². The molecular formula is C30H47FN2O. The van der Waals surface area contributed by atoms with E-state index in [0.717, 1.165) is 18.4 Å². The number of nitrogens with zero attached hydrogens (tertiary/aromatic N) is 2. The molecule has 2 atom stereocenters. The molecule has 0 radical (unpaired) electrons. The van der Waals surface area contributed by atoms with Crippen LogP contribution in [0, 0.1) is 5.92 Å². The van der Waals surface area contributed by atoms with Crippen molar-refractivity contribution < 1.29 is 9.13 Å². The van der Waals surface area contributed by atoms with Crippen LogP contribution in [0.5, 0.6) is 5.75 Å². The summed E-state index contributed by atoms with van der Waals surface area (Å²) in [5.41, 5.74) is 2.39. The summed E-state index contributed by atoms with van der Waals surface area (Å²) in [5.74, 6) is 1.70. The van der Waals surface area contributed by atoms with E-state index < -0.39 is 6.17 Å². The van der Waals surface area contributed by atoms with Crippen LogP contribution in [0.4, 0.5) is 4.39 Å². The van der Waals surface area contributed by atoms with Gasteiger partial charge in [-0.1, -0.05) is 109 Å². The number of hydrogen-bond acceptors (Lipinski definition) is 3. The van der Waals surface area contributed by atoms with E-state index in [-0.39, 0.29) is 0 Å². The van der Waals surface area contributed by atoms with Gasteiger partial charge in [0.25, 0.3) is 0 Å². The smallest absolute Gasteiger partial charge is 0.159 e. The molecule has 1 aromatic heterocycles. The maximum absolute atomic E-state index is 13.9. The topological polar surface area (TPSA) is 35.0 Å². The van der Waals surface area contributed by atoms with Crippen LogP contribution in [0.15, 0.2) is 36.7 Å². The van der Waals surface area contributed by atoms with Crippen LogP contribution in [0.1, 0.15) is 110 Å². The zero-order chi connectivity index (χ0) is 24.4. The minimum absolute atomic E-state index is 0.355. The zero-order valence-electron chi connectivity index (χ0n) is 21.9. The predicted octanol–water partition coefficient (Wildman–Crippen LogP) is 9.15. The Morgan fingerprint density at radius 2 is 1.41 bits per heavy atom. The highest BCUT2D eigenvalue weighted by Gasteiger charge is 2.11. The number of halogens is 1. The van der Waals surface area contributed by atoms with E-state index in [9.17, 15) is 4.39 Å². The van der Waals surface area contributed by atoms with Crippen molar-refractivity contribution in [3.8, 4) is 17.1 Å². The van der Waals surface area contributed by atoms with Gasteiger partial charge < -0.3 is 4.74 Å². The van der Waals surface area contributed by atoms with E-state index in [1.165, 1.54) is 69.8 Å². The highest BCUT2D eigenvalue weighted by atomic mass is 19.1. The minimum atomic E-state index is -0.811. The van der Waals surface area contributed by atoms with Crippen molar-refractivity contribution in [2.45, 2.75) is 117 Å². The third-order valence-electron chi connectivity index (χ3n) is 6.71. The fourth-order valence-corrected chi connectivity index (χ4v) is 4.20. The maximum Gasteiger partial charge on any atom is 0.159 e. The summed E-state index contributed by atoms with van der Waals surface area (Å²) in [6.45, 7) is 6.81. The van der Waals surface area contributed by atoms with E-state index in [1.807, 2.05) is 0 Å². The van der Waals surface area contributed by atoms with E-state index >= 15 is 0 Å². The second kappa shape index (κ2) is 17.5. The number of unbranched alkanes of at least 4 members (excludes halogenated alkanes) is 9. The Hall–Kier alpha value is -1.97. The first-order valence-electron chi connectivity index (χ1n) is 13.8. The summed E-state index contributed by atoms with van der Waals surface area (Å²) in [6.07, 6.45) is 19.4. The Balaban J connectivity index is 1.62. The summed E-state index contributed by atoms with van der Waals surface area (Å²) < 4.78 is 19.6. The van der Waals surface area contributed by atoms with Crippen molar-refractivity contribution in [1.29, 1.82) is 0 Å². The lowest BCUT2D eigenvalue weighted by atomic mass is 10.0. The highest BCUT2D eigenvalue weighted by Crippen LogP contribution is 2.20. The molecule has 4 heteroatoms. The molecule has 0 amide bonds. The van der Waals surface area contributed by atoms with Crippen LogP contribution in [0.2, 0.25) is 0 Å². The molecule has 3 nitrogen and oxygen atoms in total. The van der Waals surface area contributed by atoms with Crippen LogP contribution in [0.25, 0.3) is 11.4 Å². The largest absolute Gasteiger partial charge is 0.490 e. The maximum atomic E-state index is 13.9. The molecule has 2 rings (SSSR count). The van der Waals surface area contributed by atoms with Gasteiger partial charge in [-0.2, -0.15) is 0 Å². The molecule has 34 heavy (non-hydrogen) atoms. The molecule has 2 aromatic rings. The van der Waals surface area contributed by atoms with Crippen LogP contribution in [-0.4, -0.2) is 22.7 Å². The number of rotatable bonds is 19. The van der Waals surface area contributed by atoms with E-state index in [4.69, 9.17) is 4.74 Å². The fraction of sp³-hybridized carbons (Fsp3) is 0.667. The molecule has 0 bridgehead atoms. The van der Waals surface area contributed by atoms with Crippen molar-refractivity contribution in [2.75, 3.05) is 6.61 Å². The lowest BCUT2D eigenvalue weighted by Gasteiger charge is -2.13. The molecule has 0 saturated carbocycles. The van der Waals surface area contributed by atoms with Crippen LogP contribution in [0.3, 0.4) is 0 Å². The molecule has 0 aliphatic heterocycles. The first kappa shape index (κ1) is 28.3. The summed E-state index contributed by atoms with van der Waals surface area (Å²) in [4.78, 5) is 8.87. The third-order valence-corrected chi connectivity index (χ3v) is 6.71. The van der Waals surface area contributed by atoms with Crippen molar-refractivity contribution in [1.82, 2.24) is 9.97 Å². The Kier molecular flexibility index (Phi) is 14.5. The van der Waals surface area contributed by atoms with Crippen molar-refractivity contribution in [2.24, 2.45) is 5.92 Å². The van der Waals surface area contributed by atoms with Gasteiger partial charge in [0.1, 0.15) is 6.17 Å². The first-order valence-corrected chi connectivity index (χ1v) is 13.8. The first-order chi connectivity index (χ1) is 16.6. The van der Waals surface area contributed by atoms with Gasteiger partial charge in [-0.3, -0.25) is 0 Å². The normalized spacial score (nSPS) is 13.1. The summed E-state index contributed by atoms with van der Waals surface area (Å²) >= 11 is 0. The van der Waals surface area contributed by atoms with Gasteiger partial charge in [-0.25, -0.2) is 14.4 Å². The molecular weight excluding hydrogens is 423 g/mol. The third kappa shape index (κ3) is 11.9. The van der Waals surface area contributed by atoms with Crippen molar-refractivity contribution >= 4 is 0 Å². The van der Waals surface area contributed by atoms with Crippen LogP contribution < -0.4 is 4.74 Å². The van der Waals surface area contributed by atoms with Gasteiger partial charge >= 0.3 is 0 Å². The van der Waals surface area contributed by atoms with Gasteiger partial charge in [-0.05, 0) is 30.7 Å². The minimum Gasteiger partial charge on any atom is -0.490 e. The Labute approximate surface area is 208 Å². The fourth-order valence-electron chi connectivity index (χ4n) is 4.20. The van der Waals surface area contributed by atoms with Crippen LogP contribution >= 0.6 is 0 Å². The van der Waals surface area contributed by atoms with E-state index in [1.54, 1.807) is 12.4 Å². The molecule has 0 N–H and O–H groups in total. The van der Waals surface area contributed by atoms with E-state index in [2.05, 4.69) is 55.0 Å². The Bertz CT molecular complexity index is 747. The van der Waals surface area contributed by atoms with Crippen molar-refractivity contribution in [3.63, 3.8) is 0 Å². The molecule has 2 unspecified atom stereocenters. The van der Waals surface area contributed by atoms with E-state index in [0.29, 0.717) is 36.9 Å². The number of benzene rings is 1. The van der Waals surface area contributed by atoms with Gasteiger partial charge in [-0.15, -0.1) is 0 Å². The lowest BCUT2D eigenvalue weighted by molar-refractivity contribution is 0.206. The molecule has 190 valence electrons. The number of alkyl halides is 1.